The third-order valence-electron chi connectivity index (χ3n) is 7.82. The molecule has 4 aromatic carbocycles. The molecule has 46 heavy (non-hydrogen) atoms. The predicted molar refractivity (Wildman–Crippen MR) is 174 cm³/mol. The molecule has 11 heteroatoms. The van der Waals surface area contributed by atoms with E-state index in [0.29, 0.717) is 30.6 Å². The fourth-order valence-electron chi connectivity index (χ4n) is 5.52. The number of amides is 2. The van der Waals surface area contributed by atoms with Crippen LogP contribution >= 0.6 is 0 Å². The molecule has 6 aromatic rings. The number of anilines is 1. The minimum Gasteiger partial charge on any atom is -0.352 e. The summed E-state index contributed by atoms with van der Waals surface area (Å²) in [6.07, 6.45) is 2.34. The molecule has 0 spiro atoms. The Morgan fingerprint density at radius 3 is 2.41 bits per heavy atom. The van der Waals surface area contributed by atoms with E-state index >= 15 is 0 Å². The van der Waals surface area contributed by atoms with Gasteiger partial charge in [0.25, 0.3) is 17.8 Å². The summed E-state index contributed by atoms with van der Waals surface area (Å²) >= 11 is 0. The molecule has 2 amide bonds. The van der Waals surface area contributed by atoms with Crippen molar-refractivity contribution in [3.8, 4) is 11.1 Å². The number of tetrazole rings is 1. The molecule has 6 rings (SSSR count). The number of benzene rings is 4. The van der Waals surface area contributed by atoms with Crippen molar-refractivity contribution in [1.29, 1.82) is 0 Å². The van der Waals surface area contributed by atoms with E-state index < -0.39 is 0 Å². The average molecular weight is 617 g/mol. The molecular weight excluding hydrogens is 583 g/mol. The number of fused-ring (bicyclic) bond motifs is 1. The number of H-pyrrole nitrogens is 1. The Bertz CT molecular complexity index is 1980. The molecule has 3 N–H and O–H groups in total. The molecule has 0 fully saturated rings. The van der Waals surface area contributed by atoms with Crippen LogP contribution in [0.1, 0.15) is 56.6 Å². The molecule has 2 aromatic heterocycles. The van der Waals surface area contributed by atoms with Gasteiger partial charge in [0.15, 0.2) is 0 Å². The molecule has 0 aliphatic rings. The fraction of sp³-hybridized carbons (Fsp3) is 0.200. The molecule has 0 saturated carbocycles. The monoisotopic (exact) mass is 616 g/mol. The number of aryl methyl sites for hydroxylation is 2. The van der Waals surface area contributed by atoms with Crippen LogP contribution in [-0.4, -0.2) is 48.5 Å². The molecule has 0 bridgehead atoms. The van der Waals surface area contributed by atoms with Gasteiger partial charge in [-0.1, -0.05) is 66.6 Å². The lowest BCUT2D eigenvalue weighted by Gasteiger charge is -2.12. The van der Waals surface area contributed by atoms with Crippen LogP contribution in [0.3, 0.4) is 0 Å². The van der Waals surface area contributed by atoms with Gasteiger partial charge in [-0.3, -0.25) is 14.9 Å². The van der Waals surface area contributed by atoms with Crippen LogP contribution in [0.15, 0.2) is 84.9 Å². The highest BCUT2D eigenvalue weighted by molar-refractivity contribution is 6.08. The maximum absolute atomic E-state index is 13.2. The summed E-state index contributed by atoms with van der Waals surface area (Å²) in [5.41, 5.74) is 7.46. The van der Waals surface area contributed by atoms with Crippen molar-refractivity contribution in [3.05, 3.63) is 124 Å². The number of nitrogens with one attached hydrogen (secondary N) is 3. The number of hydrogen-bond donors (Lipinski definition) is 3. The Kier molecular flexibility index (Phi) is 8.91. The van der Waals surface area contributed by atoms with Gasteiger partial charge in [-0.15, -0.1) is 5.10 Å². The molecule has 0 atom stereocenters. The van der Waals surface area contributed by atoms with E-state index in [0.717, 1.165) is 57.5 Å². The SMILES string of the molecule is CCCc1nc2c(C)cc(C(=O)NCCc3ccc(F)cc3)cc2n1Cc1ccc(-c2ccccc2C(=O)Nc2nn[nH]n2)cc1. The average Bonchev–Trinajstić information content (AvgIpc) is 3.70. The summed E-state index contributed by atoms with van der Waals surface area (Å²) in [5, 5.41) is 19.1. The molecule has 0 aliphatic carbocycles. The number of aromatic nitrogens is 6. The Morgan fingerprint density at radius 1 is 0.913 bits per heavy atom. The van der Waals surface area contributed by atoms with Gasteiger partial charge in [0, 0.05) is 30.6 Å². The molecule has 232 valence electrons. The van der Waals surface area contributed by atoms with Crippen molar-refractivity contribution < 1.29 is 14.0 Å². The lowest BCUT2D eigenvalue weighted by Crippen LogP contribution is -2.25. The summed E-state index contributed by atoms with van der Waals surface area (Å²) in [4.78, 5) is 31.1. The van der Waals surface area contributed by atoms with E-state index in [4.69, 9.17) is 4.98 Å². The molecule has 0 aliphatic heterocycles. The standard InChI is InChI=1S/C35H33FN8O2/c1-3-6-31-38-32-22(2)19-26(33(45)37-18-17-23-11-15-27(36)16-12-23)20-30(32)44(31)21-24-9-13-25(14-10-24)28-7-4-5-8-29(28)34(46)39-35-40-42-43-41-35/h4-5,7-16,19-20H,3,6,17-18,21H2,1-2H3,(H,37,45)(H2,39,40,41,42,43,46). The largest absolute Gasteiger partial charge is 0.352 e. The van der Waals surface area contributed by atoms with E-state index in [1.54, 1.807) is 18.2 Å². The van der Waals surface area contributed by atoms with Crippen LogP contribution in [0, 0.1) is 12.7 Å². The second-order valence-electron chi connectivity index (χ2n) is 11.1. The van der Waals surface area contributed by atoms with Crippen LogP contribution in [0.25, 0.3) is 22.2 Å². The van der Waals surface area contributed by atoms with Crippen molar-refractivity contribution >= 4 is 28.8 Å². The number of hydrogen-bond acceptors (Lipinski definition) is 6. The summed E-state index contributed by atoms with van der Waals surface area (Å²) < 4.78 is 15.4. The summed E-state index contributed by atoms with van der Waals surface area (Å²) in [5.74, 6) is 0.289. The van der Waals surface area contributed by atoms with E-state index in [9.17, 15) is 14.0 Å². The Hall–Kier alpha value is -5.71. The topological polar surface area (TPSA) is 130 Å². The zero-order valence-corrected chi connectivity index (χ0v) is 25.5. The first-order valence-corrected chi connectivity index (χ1v) is 15.1. The van der Waals surface area contributed by atoms with Crippen molar-refractivity contribution in [1.82, 2.24) is 35.5 Å². The van der Waals surface area contributed by atoms with Gasteiger partial charge in [0.1, 0.15) is 11.6 Å². The summed E-state index contributed by atoms with van der Waals surface area (Å²) in [7, 11) is 0. The first-order valence-electron chi connectivity index (χ1n) is 15.1. The maximum Gasteiger partial charge on any atom is 0.270 e. The minimum atomic E-state index is -0.333. The zero-order chi connectivity index (χ0) is 32.0. The first kappa shape index (κ1) is 30.3. The third kappa shape index (κ3) is 6.68. The van der Waals surface area contributed by atoms with Gasteiger partial charge >= 0.3 is 0 Å². The van der Waals surface area contributed by atoms with Gasteiger partial charge in [-0.05, 0) is 83.1 Å². The van der Waals surface area contributed by atoms with Crippen LogP contribution in [0.5, 0.6) is 0 Å². The van der Waals surface area contributed by atoms with Crippen molar-refractivity contribution in [3.63, 3.8) is 0 Å². The normalized spacial score (nSPS) is 11.1. The molecule has 10 nitrogen and oxygen atoms in total. The van der Waals surface area contributed by atoms with Gasteiger partial charge in [0.05, 0.1) is 11.0 Å². The van der Waals surface area contributed by atoms with E-state index in [-0.39, 0.29) is 23.6 Å². The van der Waals surface area contributed by atoms with E-state index in [1.165, 1.54) is 12.1 Å². The van der Waals surface area contributed by atoms with Crippen molar-refractivity contribution in [2.45, 2.75) is 39.7 Å². The molecular formula is C35H33FN8O2. The van der Waals surface area contributed by atoms with Crippen LogP contribution in [0.2, 0.25) is 0 Å². The first-order chi connectivity index (χ1) is 22.4. The Labute approximate surface area is 265 Å². The predicted octanol–water partition coefficient (Wildman–Crippen LogP) is 5.89. The molecule has 0 unspecified atom stereocenters. The Morgan fingerprint density at radius 2 is 1.67 bits per heavy atom. The highest BCUT2D eigenvalue weighted by atomic mass is 19.1. The number of rotatable bonds is 11. The van der Waals surface area contributed by atoms with Crippen molar-refractivity contribution in [2.24, 2.45) is 0 Å². The molecule has 0 saturated heterocycles. The van der Waals surface area contributed by atoms with E-state index in [1.807, 2.05) is 61.5 Å². The van der Waals surface area contributed by atoms with Crippen LogP contribution < -0.4 is 10.6 Å². The molecule has 0 radical (unpaired) electrons. The maximum atomic E-state index is 13.2. The number of aromatic amines is 1. The second-order valence-corrected chi connectivity index (χ2v) is 11.1. The van der Waals surface area contributed by atoms with Gasteiger partial charge in [-0.25, -0.2) is 9.37 Å². The molecule has 2 heterocycles. The highest BCUT2D eigenvalue weighted by Gasteiger charge is 2.18. The van der Waals surface area contributed by atoms with E-state index in [2.05, 4.69) is 42.7 Å². The lowest BCUT2D eigenvalue weighted by molar-refractivity contribution is 0.0953. The van der Waals surface area contributed by atoms with Crippen LogP contribution in [0.4, 0.5) is 10.3 Å². The van der Waals surface area contributed by atoms with Crippen LogP contribution in [-0.2, 0) is 19.4 Å². The lowest BCUT2D eigenvalue weighted by atomic mass is 9.98. The highest BCUT2D eigenvalue weighted by Crippen LogP contribution is 2.27. The quantitative estimate of drug-likeness (QED) is 0.166. The van der Waals surface area contributed by atoms with Gasteiger partial charge in [0.2, 0.25) is 0 Å². The summed E-state index contributed by atoms with van der Waals surface area (Å²) in [6, 6.07) is 25.5. The number of imidazole rings is 1. The summed E-state index contributed by atoms with van der Waals surface area (Å²) in [6.45, 7) is 5.11. The number of carbonyl (C=O) groups is 2. The number of halogens is 1. The van der Waals surface area contributed by atoms with Gasteiger partial charge in [-0.2, -0.15) is 5.21 Å². The number of carbonyl (C=O) groups excluding carboxylic acids is 2. The van der Waals surface area contributed by atoms with Gasteiger partial charge < -0.3 is 9.88 Å². The fourth-order valence-corrected chi connectivity index (χ4v) is 5.52. The number of nitrogens with zero attached hydrogens (tertiary/aromatic N) is 5. The third-order valence-corrected chi connectivity index (χ3v) is 7.82. The van der Waals surface area contributed by atoms with Crippen molar-refractivity contribution in [2.75, 3.05) is 11.9 Å². The zero-order valence-electron chi connectivity index (χ0n) is 25.5. The minimum absolute atomic E-state index is 0.103. The Balaban J connectivity index is 1.23. The smallest absolute Gasteiger partial charge is 0.270 e. The second kappa shape index (κ2) is 13.5.